The Balaban J connectivity index is 2.18. The molecule has 1 saturated heterocycles. The molecule has 4 heteroatoms. The van der Waals surface area contributed by atoms with Crippen molar-refractivity contribution in [2.24, 2.45) is 0 Å². The van der Waals surface area contributed by atoms with Crippen molar-refractivity contribution in [2.45, 2.75) is 51.2 Å². The molecule has 1 aromatic carbocycles. The van der Waals surface area contributed by atoms with Crippen LogP contribution >= 0.6 is 0 Å². The van der Waals surface area contributed by atoms with E-state index >= 15 is 0 Å². The van der Waals surface area contributed by atoms with Crippen molar-refractivity contribution in [3.63, 3.8) is 0 Å². The number of hydrogen-bond acceptors (Lipinski definition) is 4. The summed E-state index contributed by atoms with van der Waals surface area (Å²) in [6, 6.07) is 9.43. The Bertz CT molecular complexity index is 469. The summed E-state index contributed by atoms with van der Waals surface area (Å²) in [5, 5.41) is 0. The molecule has 0 bridgehead atoms. The monoisotopic (exact) mass is 276 g/mol. The molecule has 1 aliphatic heterocycles. The summed E-state index contributed by atoms with van der Waals surface area (Å²) in [7, 11) is 0. The Morgan fingerprint density at radius 3 is 2.35 bits per heavy atom. The number of benzene rings is 1. The summed E-state index contributed by atoms with van der Waals surface area (Å²) in [6.45, 7) is 3.64. The van der Waals surface area contributed by atoms with Gasteiger partial charge in [-0.1, -0.05) is 30.3 Å². The molecule has 1 aliphatic rings. The van der Waals surface area contributed by atoms with E-state index in [9.17, 15) is 9.59 Å². The molecule has 0 aliphatic carbocycles. The molecular weight excluding hydrogens is 256 g/mol. The first-order valence-corrected chi connectivity index (χ1v) is 7.01. The zero-order chi connectivity index (χ0) is 14.5. The van der Waals surface area contributed by atoms with Crippen LogP contribution in [0.25, 0.3) is 0 Å². The minimum Gasteiger partial charge on any atom is -0.463 e. The van der Waals surface area contributed by atoms with Crippen molar-refractivity contribution in [3.8, 4) is 0 Å². The maximum Gasteiger partial charge on any atom is 0.313 e. The van der Waals surface area contributed by atoms with Gasteiger partial charge in [-0.3, -0.25) is 9.59 Å². The third-order valence-corrected chi connectivity index (χ3v) is 3.44. The van der Waals surface area contributed by atoms with Gasteiger partial charge in [-0.25, -0.2) is 0 Å². The molecule has 0 unspecified atom stereocenters. The van der Waals surface area contributed by atoms with Crippen LogP contribution in [0.5, 0.6) is 0 Å². The summed E-state index contributed by atoms with van der Waals surface area (Å²) in [4.78, 5) is 24.0. The topological polar surface area (TPSA) is 52.6 Å². The van der Waals surface area contributed by atoms with Crippen molar-refractivity contribution in [3.05, 3.63) is 35.9 Å². The predicted molar refractivity (Wildman–Crippen MR) is 74.1 cm³/mol. The van der Waals surface area contributed by atoms with E-state index in [1.165, 1.54) is 0 Å². The smallest absolute Gasteiger partial charge is 0.313 e. The lowest BCUT2D eigenvalue weighted by Gasteiger charge is -2.24. The van der Waals surface area contributed by atoms with Gasteiger partial charge in [0.15, 0.2) is 0 Å². The highest BCUT2D eigenvalue weighted by Crippen LogP contribution is 2.25. The fourth-order valence-electron chi connectivity index (χ4n) is 2.50. The van der Waals surface area contributed by atoms with Crippen LogP contribution in [-0.4, -0.2) is 24.1 Å². The van der Waals surface area contributed by atoms with Crippen LogP contribution < -0.4 is 0 Å². The Morgan fingerprint density at radius 1 is 1.00 bits per heavy atom. The van der Waals surface area contributed by atoms with E-state index in [1.807, 2.05) is 44.2 Å². The molecule has 108 valence electrons. The fourth-order valence-corrected chi connectivity index (χ4v) is 2.50. The van der Waals surface area contributed by atoms with Crippen LogP contribution in [0.15, 0.2) is 30.3 Å². The van der Waals surface area contributed by atoms with E-state index in [0.717, 1.165) is 5.56 Å². The first-order chi connectivity index (χ1) is 9.56. The first kappa shape index (κ1) is 14.6. The van der Waals surface area contributed by atoms with Gasteiger partial charge in [-0.05, 0) is 25.8 Å². The maximum absolute atomic E-state index is 12.3. The average molecular weight is 276 g/mol. The van der Waals surface area contributed by atoms with Crippen molar-refractivity contribution in [1.29, 1.82) is 0 Å². The van der Waals surface area contributed by atoms with Gasteiger partial charge in [-0.15, -0.1) is 0 Å². The quantitative estimate of drug-likeness (QED) is 0.740. The molecular formula is C16H20O4. The van der Waals surface area contributed by atoms with Crippen molar-refractivity contribution in [1.82, 2.24) is 0 Å². The van der Waals surface area contributed by atoms with Crippen molar-refractivity contribution in [2.75, 3.05) is 0 Å². The highest BCUT2D eigenvalue weighted by atomic mass is 16.6. The van der Waals surface area contributed by atoms with Crippen molar-refractivity contribution >= 4 is 11.9 Å². The van der Waals surface area contributed by atoms with Crippen LogP contribution in [-0.2, 0) is 19.1 Å². The number of rotatable bonds is 1. The van der Waals surface area contributed by atoms with Gasteiger partial charge in [0, 0.05) is 12.8 Å². The summed E-state index contributed by atoms with van der Waals surface area (Å²) < 4.78 is 10.8. The molecule has 2 rings (SSSR count). The van der Waals surface area contributed by atoms with Gasteiger partial charge in [0.2, 0.25) is 0 Å². The maximum atomic E-state index is 12.3. The number of cyclic esters (lactones) is 2. The van der Waals surface area contributed by atoms with Gasteiger partial charge in [0.25, 0.3) is 0 Å². The third kappa shape index (κ3) is 3.83. The lowest BCUT2D eigenvalue weighted by atomic mass is 9.94. The fraction of sp³-hybridized carbons (Fsp3) is 0.500. The number of ether oxygens (including phenoxy) is 2. The Kier molecular flexibility index (Phi) is 4.77. The Hall–Kier alpha value is -1.84. The second kappa shape index (κ2) is 6.55. The van der Waals surface area contributed by atoms with Crippen LogP contribution in [0.2, 0.25) is 0 Å². The molecule has 0 amide bonds. The normalized spacial score (nSPS) is 28.4. The molecule has 4 nitrogen and oxygen atoms in total. The number of carbonyl (C=O) groups excluding carboxylic acids is 2. The number of carbonyl (C=O) groups is 2. The summed E-state index contributed by atoms with van der Waals surface area (Å²) >= 11 is 0. The van der Waals surface area contributed by atoms with Crippen LogP contribution in [0.1, 0.15) is 44.6 Å². The number of hydrogen-bond donors (Lipinski definition) is 0. The van der Waals surface area contributed by atoms with E-state index in [1.54, 1.807) is 0 Å². The van der Waals surface area contributed by atoms with Crippen LogP contribution in [0.3, 0.4) is 0 Å². The van der Waals surface area contributed by atoms with Gasteiger partial charge < -0.3 is 9.47 Å². The number of esters is 2. The Labute approximate surface area is 119 Å². The molecule has 1 aromatic rings. The van der Waals surface area contributed by atoms with Crippen molar-refractivity contribution < 1.29 is 19.1 Å². The lowest BCUT2D eigenvalue weighted by molar-refractivity contribution is -0.158. The molecule has 3 atom stereocenters. The van der Waals surface area contributed by atoms with Gasteiger partial charge in [0.1, 0.15) is 12.2 Å². The first-order valence-electron chi connectivity index (χ1n) is 7.01. The van der Waals surface area contributed by atoms with Gasteiger partial charge in [-0.2, -0.15) is 0 Å². The highest BCUT2D eigenvalue weighted by Gasteiger charge is 2.27. The third-order valence-electron chi connectivity index (χ3n) is 3.44. The largest absolute Gasteiger partial charge is 0.463 e. The van der Waals surface area contributed by atoms with E-state index in [4.69, 9.17) is 9.47 Å². The molecule has 1 fully saturated rings. The Morgan fingerprint density at radius 2 is 1.65 bits per heavy atom. The molecule has 1 heterocycles. The van der Waals surface area contributed by atoms with E-state index in [0.29, 0.717) is 12.8 Å². The van der Waals surface area contributed by atoms with E-state index in [2.05, 4.69) is 0 Å². The molecule has 0 radical (unpaired) electrons. The van der Waals surface area contributed by atoms with Gasteiger partial charge >= 0.3 is 11.9 Å². The molecule has 0 N–H and O–H groups in total. The zero-order valence-corrected chi connectivity index (χ0v) is 11.9. The molecule has 0 saturated carbocycles. The van der Waals surface area contributed by atoms with Crippen LogP contribution in [0.4, 0.5) is 0 Å². The SMILES string of the molecule is C[C@@H]1C[C@H](C)OC(=O)[C@@H](c2ccccc2)CCC(=O)O1. The molecule has 20 heavy (non-hydrogen) atoms. The van der Waals surface area contributed by atoms with E-state index in [-0.39, 0.29) is 30.6 Å². The summed E-state index contributed by atoms with van der Waals surface area (Å²) in [5.74, 6) is -0.912. The lowest BCUT2D eigenvalue weighted by Crippen LogP contribution is -2.28. The molecule has 0 spiro atoms. The second-order valence-corrected chi connectivity index (χ2v) is 5.29. The zero-order valence-electron chi connectivity index (χ0n) is 11.9. The molecule has 0 aromatic heterocycles. The minimum atomic E-state index is -0.403. The second-order valence-electron chi connectivity index (χ2n) is 5.29. The standard InChI is InChI=1S/C16H20O4/c1-11-10-12(2)20-16(18)14(8-9-15(17)19-11)13-6-4-3-5-7-13/h3-7,11-12,14H,8-10H2,1-2H3/t11-,12+,14-/m1/s1. The van der Waals surface area contributed by atoms with Gasteiger partial charge in [0.05, 0.1) is 5.92 Å². The van der Waals surface area contributed by atoms with E-state index < -0.39 is 5.92 Å². The summed E-state index contributed by atoms with van der Waals surface area (Å²) in [5.41, 5.74) is 0.881. The van der Waals surface area contributed by atoms with Crippen LogP contribution in [0, 0.1) is 0 Å². The highest BCUT2D eigenvalue weighted by molar-refractivity contribution is 5.79. The average Bonchev–Trinajstić information content (AvgIpc) is 2.38. The summed E-state index contributed by atoms with van der Waals surface area (Å²) in [6.07, 6.45) is 0.696. The minimum absolute atomic E-state index is 0.224. The predicted octanol–water partition coefficient (Wildman–Crippen LogP) is 2.82.